The Bertz CT molecular complexity index is 678. The van der Waals surface area contributed by atoms with E-state index in [1.165, 1.54) is 0 Å². The predicted octanol–water partition coefficient (Wildman–Crippen LogP) is 6.71. The molecular weight excluding hydrogens is 429 g/mol. The second kappa shape index (κ2) is 8.14. The van der Waals surface area contributed by atoms with Crippen molar-refractivity contribution in [2.45, 2.75) is 20.3 Å². The van der Waals surface area contributed by atoms with E-state index in [2.05, 4.69) is 43.8 Å². The zero-order valence-corrected chi connectivity index (χ0v) is 16.3. The second-order valence-corrected chi connectivity index (χ2v) is 7.00. The minimum absolute atomic E-state index is 0.684. The van der Waals surface area contributed by atoms with Gasteiger partial charge < -0.3 is 4.74 Å². The molecule has 0 bridgehead atoms. The molecule has 2 nitrogen and oxygen atoms in total. The molecule has 0 heterocycles. The van der Waals surface area contributed by atoms with Crippen molar-refractivity contribution in [1.82, 2.24) is 0 Å². The van der Waals surface area contributed by atoms with E-state index in [0.29, 0.717) is 11.6 Å². The Balaban J connectivity index is 2.26. The molecule has 0 unspecified atom stereocenters. The van der Waals surface area contributed by atoms with E-state index in [1.807, 2.05) is 43.5 Å². The van der Waals surface area contributed by atoms with Crippen LogP contribution < -0.4 is 4.74 Å². The van der Waals surface area contributed by atoms with Crippen LogP contribution in [0.15, 0.2) is 44.3 Å². The molecule has 0 radical (unpaired) electrons. The Hall–Kier alpha value is -0.840. The van der Waals surface area contributed by atoms with Crippen molar-refractivity contribution >= 4 is 55.4 Å². The maximum absolute atomic E-state index is 6.01. The number of hydrogen-bond donors (Lipinski definition) is 0. The highest BCUT2D eigenvalue weighted by Crippen LogP contribution is 2.34. The van der Waals surface area contributed by atoms with Gasteiger partial charge in [0.1, 0.15) is 5.75 Å². The van der Waals surface area contributed by atoms with Crippen LogP contribution in [0, 0.1) is 6.92 Å². The third kappa shape index (κ3) is 4.58. The lowest BCUT2D eigenvalue weighted by atomic mass is 10.2. The normalized spacial score (nSPS) is 11.1. The molecule has 0 fully saturated rings. The average Bonchev–Trinajstić information content (AvgIpc) is 2.47. The minimum Gasteiger partial charge on any atom is -0.491 e. The maximum atomic E-state index is 6.01. The van der Waals surface area contributed by atoms with Crippen molar-refractivity contribution in [3.8, 4) is 5.75 Å². The van der Waals surface area contributed by atoms with Gasteiger partial charge in [0.2, 0.25) is 0 Å². The molecule has 5 heteroatoms. The van der Waals surface area contributed by atoms with Gasteiger partial charge in [-0.3, -0.25) is 4.99 Å². The van der Waals surface area contributed by atoms with Crippen LogP contribution in [0.2, 0.25) is 5.02 Å². The van der Waals surface area contributed by atoms with Crippen LogP contribution in [0.1, 0.15) is 24.5 Å². The summed E-state index contributed by atoms with van der Waals surface area (Å²) < 4.78 is 7.52. The highest BCUT2D eigenvalue weighted by Gasteiger charge is 2.08. The molecule has 116 valence electrons. The third-order valence-corrected chi connectivity index (χ3v) is 4.41. The number of aryl methyl sites for hydroxylation is 1. The van der Waals surface area contributed by atoms with E-state index in [-0.39, 0.29) is 0 Å². The SMILES string of the molecule is CCCOc1c(Br)cc(C=Nc2cc(Cl)ccc2C)cc1Br. The fourth-order valence-corrected chi connectivity index (χ4v) is 3.48. The standard InChI is InChI=1S/C17H16Br2ClNO/c1-3-6-22-17-14(18)7-12(8-15(17)19)10-21-16-9-13(20)5-4-11(16)2/h4-5,7-10H,3,6H2,1-2H3. The highest BCUT2D eigenvalue weighted by molar-refractivity contribution is 9.11. The van der Waals surface area contributed by atoms with Gasteiger partial charge in [-0.25, -0.2) is 0 Å². The Morgan fingerprint density at radius 1 is 1.18 bits per heavy atom. The van der Waals surface area contributed by atoms with Gasteiger partial charge >= 0.3 is 0 Å². The van der Waals surface area contributed by atoms with Crippen molar-refractivity contribution < 1.29 is 4.74 Å². The molecular formula is C17H16Br2ClNO. The van der Waals surface area contributed by atoms with Crippen LogP contribution in [0.3, 0.4) is 0 Å². The van der Waals surface area contributed by atoms with E-state index < -0.39 is 0 Å². The van der Waals surface area contributed by atoms with E-state index >= 15 is 0 Å². The first-order valence-electron chi connectivity index (χ1n) is 6.93. The predicted molar refractivity (Wildman–Crippen MR) is 101 cm³/mol. The molecule has 0 aromatic heterocycles. The minimum atomic E-state index is 0.684. The van der Waals surface area contributed by atoms with Gasteiger partial charge in [-0.2, -0.15) is 0 Å². The molecule has 0 aliphatic carbocycles. The van der Waals surface area contributed by atoms with Gasteiger partial charge in [-0.1, -0.05) is 24.6 Å². The number of halogens is 3. The zero-order chi connectivity index (χ0) is 16.1. The molecule has 22 heavy (non-hydrogen) atoms. The second-order valence-electron chi connectivity index (χ2n) is 4.85. The summed E-state index contributed by atoms with van der Waals surface area (Å²) in [5.74, 6) is 0.818. The van der Waals surface area contributed by atoms with Gasteiger partial charge in [0, 0.05) is 11.2 Å². The first-order valence-corrected chi connectivity index (χ1v) is 8.89. The Morgan fingerprint density at radius 3 is 2.50 bits per heavy atom. The van der Waals surface area contributed by atoms with Crippen molar-refractivity contribution in [3.05, 3.63) is 55.4 Å². The maximum Gasteiger partial charge on any atom is 0.147 e. The first kappa shape index (κ1) is 17.5. The van der Waals surface area contributed by atoms with Crippen molar-refractivity contribution in [3.63, 3.8) is 0 Å². The summed E-state index contributed by atoms with van der Waals surface area (Å²) in [6.07, 6.45) is 2.79. The smallest absolute Gasteiger partial charge is 0.147 e. The summed E-state index contributed by atoms with van der Waals surface area (Å²) in [6.45, 7) is 4.78. The van der Waals surface area contributed by atoms with Crippen LogP contribution >= 0.6 is 43.5 Å². The first-order chi connectivity index (χ1) is 10.5. The van der Waals surface area contributed by atoms with Crippen LogP contribution in [0.5, 0.6) is 5.75 Å². The number of rotatable bonds is 5. The van der Waals surface area contributed by atoms with E-state index in [0.717, 1.165) is 37.9 Å². The molecule has 2 rings (SSSR count). The van der Waals surface area contributed by atoms with Gasteiger partial charge in [0.25, 0.3) is 0 Å². The fourth-order valence-electron chi connectivity index (χ4n) is 1.86. The summed E-state index contributed by atoms with van der Waals surface area (Å²) in [6, 6.07) is 9.65. The average molecular weight is 446 g/mol. The third-order valence-electron chi connectivity index (χ3n) is 3.00. The van der Waals surface area contributed by atoms with Crippen LogP contribution in [0.4, 0.5) is 5.69 Å². The molecule has 2 aromatic rings. The fraction of sp³-hybridized carbons (Fsp3) is 0.235. The van der Waals surface area contributed by atoms with Gasteiger partial charge in [0.15, 0.2) is 0 Å². The Kier molecular flexibility index (Phi) is 6.48. The summed E-state index contributed by atoms with van der Waals surface area (Å²) in [7, 11) is 0. The van der Waals surface area contributed by atoms with Crippen LogP contribution in [0.25, 0.3) is 0 Å². The lowest BCUT2D eigenvalue weighted by Gasteiger charge is -2.10. The van der Waals surface area contributed by atoms with E-state index in [1.54, 1.807) is 0 Å². The van der Waals surface area contributed by atoms with Gasteiger partial charge in [-0.05, 0) is 80.6 Å². The molecule has 0 spiro atoms. The molecule has 0 saturated carbocycles. The molecule has 0 amide bonds. The summed E-state index contributed by atoms with van der Waals surface area (Å²) in [4.78, 5) is 4.52. The quantitative estimate of drug-likeness (QED) is 0.469. The number of benzene rings is 2. The van der Waals surface area contributed by atoms with Crippen LogP contribution in [-0.4, -0.2) is 12.8 Å². The lowest BCUT2D eigenvalue weighted by molar-refractivity contribution is 0.313. The Labute approximate surface area is 152 Å². The summed E-state index contributed by atoms with van der Waals surface area (Å²) in [5, 5.41) is 0.684. The molecule has 0 N–H and O–H groups in total. The molecule has 0 atom stereocenters. The monoisotopic (exact) mass is 443 g/mol. The zero-order valence-electron chi connectivity index (χ0n) is 12.4. The number of nitrogens with zero attached hydrogens (tertiary/aromatic N) is 1. The van der Waals surface area contributed by atoms with E-state index in [4.69, 9.17) is 16.3 Å². The lowest BCUT2D eigenvalue weighted by Crippen LogP contribution is -1.97. The summed E-state index contributed by atoms with van der Waals surface area (Å²) in [5.41, 5.74) is 2.93. The van der Waals surface area contributed by atoms with Crippen molar-refractivity contribution in [2.75, 3.05) is 6.61 Å². The number of hydrogen-bond acceptors (Lipinski definition) is 2. The van der Waals surface area contributed by atoms with Crippen molar-refractivity contribution in [2.24, 2.45) is 4.99 Å². The Morgan fingerprint density at radius 2 is 1.86 bits per heavy atom. The topological polar surface area (TPSA) is 21.6 Å². The van der Waals surface area contributed by atoms with Crippen LogP contribution in [-0.2, 0) is 0 Å². The number of ether oxygens (including phenoxy) is 1. The highest BCUT2D eigenvalue weighted by atomic mass is 79.9. The van der Waals surface area contributed by atoms with Crippen molar-refractivity contribution in [1.29, 1.82) is 0 Å². The van der Waals surface area contributed by atoms with Gasteiger partial charge in [0.05, 0.1) is 21.2 Å². The molecule has 2 aromatic carbocycles. The van der Waals surface area contributed by atoms with E-state index in [9.17, 15) is 0 Å². The molecule has 0 aliphatic rings. The van der Waals surface area contributed by atoms with Gasteiger partial charge in [-0.15, -0.1) is 0 Å². The number of aliphatic imine (C=N–C) groups is 1. The largest absolute Gasteiger partial charge is 0.491 e. The molecule has 0 saturated heterocycles. The summed E-state index contributed by atoms with van der Waals surface area (Å²) >= 11 is 13.1. The molecule has 0 aliphatic heterocycles.